The van der Waals surface area contributed by atoms with E-state index < -0.39 is 6.10 Å². The van der Waals surface area contributed by atoms with Crippen LogP contribution in [0.2, 0.25) is 0 Å². The molecule has 5 nitrogen and oxygen atoms in total. The van der Waals surface area contributed by atoms with Crippen molar-refractivity contribution < 1.29 is 23.8 Å². The quantitative estimate of drug-likeness (QED) is 0.581. The van der Waals surface area contributed by atoms with Crippen LogP contribution in [0.25, 0.3) is 0 Å². The van der Waals surface area contributed by atoms with Crippen molar-refractivity contribution in [3.05, 3.63) is 0 Å². The van der Waals surface area contributed by atoms with Gasteiger partial charge in [0.2, 0.25) is 0 Å². The Morgan fingerprint density at radius 3 is 2.56 bits per heavy atom. The number of hydrogen-bond donors (Lipinski definition) is 0. The smallest absolute Gasteiger partial charge is 0.302 e. The number of ether oxygens (including phenoxy) is 3. The number of hydrogen-bond acceptors (Lipinski definition) is 5. The number of esters is 2. The van der Waals surface area contributed by atoms with Crippen LogP contribution in [0.3, 0.4) is 0 Å². The van der Waals surface area contributed by atoms with E-state index in [0.29, 0.717) is 6.42 Å². The molecule has 0 aromatic rings. The minimum absolute atomic E-state index is 0.0835. The summed E-state index contributed by atoms with van der Waals surface area (Å²) < 4.78 is 15.5. The average molecular weight is 295 g/mol. The maximum absolute atomic E-state index is 10.9. The molecule has 1 rings (SSSR count). The molecular formula is C10H15BrO5. The molecular weight excluding hydrogens is 280 g/mol. The molecule has 0 N–H and O–H groups in total. The van der Waals surface area contributed by atoms with Crippen LogP contribution in [-0.2, 0) is 23.8 Å². The van der Waals surface area contributed by atoms with Crippen LogP contribution in [0.5, 0.6) is 0 Å². The van der Waals surface area contributed by atoms with E-state index in [2.05, 4.69) is 15.9 Å². The Morgan fingerprint density at radius 1 is 1.31 bits per heavy atom. The number of alkyl halides is 1. The van der Waals surface area contributed by atoms with Gasteiger partial charge in [-0.15, -0.1) is 0 Å². The lowest BCUT2D eigenvalue weighted by molar-refractivity contribution is -0.172. The van der Waals surface area contributed by atoms with Gasteiger partial charge in [0.1, 0.15) is 23.8 Å². The standard InChI is InChI=1S/C10H15BrO5/c1-6(12)14-5-9-8(15-7(2)13)3-4-10(11)16-9/h8-10H,3-5H2,1-2H3/t8-,9+,10?/m0/s1. The third-order valence-electron chi connectivity index (χ3n) is 2.18. The molecule has 1 aliphatic heterocycles. The molecule has 3 atom stereocenters. The molecule has 0 aromatic carbocycles. The Labute approximate surface area is 103 Å². The van der Waals surface area contributed by atoms with Gasteiger partial charge in [-0.25, -0.2) is 0 Å². The molecule has 1 unspecified atom stereocenters. The first kappa shape index (κ1) is 13.4. The first-order valence-electron chi connectivity index (χ1n) is 5.09. The van der Waals surface area contributed by atoms with Gasteiger partial charge in [-0.2, -0.15) is 0 Å². The summed E-state index contributed by atoms with van der Waals surface area (Å²) in [6, 6.07) is 0. The van der Waals surface area contributed by atoms with Crippen LogP contribution in [0.4, 0.5) is 0 Å². The maximum Gasteiger partial charge on any atom is 0.302 e. The number of carbonyl (C=O) groups is 2. The number of carbonyl (C=O) groups excluding carboxylic acids is 2. The molecule has 1 aliphatic rings. The van der Waals surface area contributed by atoms with E-state index in [9.17, 15) is 9.59 Å². The highest BCUT2D eigenvalue weighted by atomic mass is 79.9. The molecule has 1 saturated heterocycles. The highest BCUT2D eigenvalue weighted by Gasteiger charge is 2.33. The largest absolute Gasteiger partial charge is 0.463 e. The van der Waals surface area contributed by atoms with E-state index in [1.165, 1.54) is 13.8 Å². The molecule has 0 aliphatic carbocycles. The second-order valence-electron chi connectivity index (χ2n) is 3.61. The summed E-state index contributed by atoms with van der Waals surface area (Å²) in [5.74, 6) is -0.726. The maximum atomic E-state index is 10.9. The molecule has 1 heterocycles. The van der Waals surface area contributed by atoms with Gasteiger partial charge < -0.3 is 14.2 Å². The summed E-state index contributed by atoms with van der Waals surface area (Å²) in [4.78, 5) is 21.6. The normalized spacial score (nSPS) is 29.6. The van der Waals surface area contributed by atoms with Crippen molar-refractivity contribution >= 4 is 27.9 Å². The first-order valence-corrected chi connectivity index (χ1v) is 6.00. The minimum Gasteiger partial charge on any atom is -0.463 e. The van der Waals surface area contributed by atoms with Crippen molar-refractivity contribution in [2.24, 2.45) is 0 Å². The Kier molecular flexibility index (Phi) is 5.21. The van der Waals surface area contributed by atoms with Gasteiger partial charge in [0.15, 0.2) is 0 Å². The van der Waals surface area contributed by atoms with Crippen LogP contribution in [0.1, 0.15) is 26.7 Å². The van der Waals surface area contributed by atoms with Crippen molar-refractivity contribution in [1.29, 1.82) is 0 Å². The third kappa shape index (κ3) is 4.49. The van der Waals surface area contributed by atoms with E-state index in [1.54, 1.807) is 0 Å². The molecule has 0 bridgehead atoms. The van der Waals surface area contributed by atoms with Gasteiger partial charge in [0.05, 0.1) is 0 Å². The lowest BCUT2D eigenvalue weighted by Gasteiger charge is -2.33. The zero-order chi connectivity index (χ0) is 12.1. The van der Waals surface area contributed by atoms with Crippen molar-refractivity contribution in [3.8, 4) is 0 Å². The van der Waals surface area contributed by atoms with Crippen LogP contribution in [-0.4, -0.2) is 35.8 Å². The van der Waals surface area contributed by atoms with Crippen molar-refractivity contribution in [1.82, 2.24) is 0 Å². The summed E-state index contributed by atoms with van der Waals surface area (Å²) in [5, 5.41) is -0.0835. The van der Waals surface area contributed by atoms with E-state index in [4.69, 9.17) is 14.2 Å². The van der Waals surface area contributed by atoms with Crippen molar-refractivity contribution in [2.75, 3.05) is 6.61 Å². The average Bonchev–Trinajstić information content (AvgIpc) is 2.17. The van der Waals surface area contributed by atoms with Gasteiger partial charge in [0, 0.05) is 13.8 Å². The lowest BCUT2D eigenvalue weighted by atomic mass is 10.1. The summed E-state index contributed by atoms with van der Waals surface area (Å²) in [6.07, 6.45) is 0.715. The Hall–Kier alpha value is -0.620. The Balaban J connectivity index is 2.50. The minimum atomic E-state index is -0.397. The number of rotatable bonds is 3. The predicted molar refractivity (Wildman–Crippen MR) is 59.0 cm³/mol. The molecule has 16 heavy (non-hydrogen) atoms. The van der Waals surface area contributed by atoms with Gasteiger partial charge in [-0.1, -0.05) is 15.9 Å². The van der Waals surface area contributed by atoms with Gasteiger partial charge in [-0.3, -0.25) is 9.59 Å². The Bertz CT molecular complexity index is 268. The lowest BCUT2D eigenvalue weighted by Crippen LogP contribution is -2.42. The molecule has 92 valence electrons. The fourth-order valence-corrected chi connectivity index (χ4v) is 2.06. The molecule has 1 fully saturated rings. The van der Waals surface area contributed by atoms with Crippen molar-refractivity contribution in [3.63, 3.8) is 0 Å². The third-order valence-corrected chi connectivity index (χ3v) is 2.86. The van der Waals surface area contributed by atoms with Crippen LogP contribution in [0.15, 0.2) is 0 Å². The van der Waals surface area contributed by atoms with E-state index >= 15 is 0 Å². The predicted octanol–water partition coefficient (Wildman–Crippen LogP) is 1.38. The van der Waals surface area contributed by atoms with Crippen LogP contribution < -0.4 is 0 Å². The number of halogens is 1. The second kappa shape index (κ2) is 6.20. The topological polar surface area (TPSA) is 61.8 Å². The summed E-state index contributed by atoms with van der Waals surface area (Å²) in [6.45, 7) is 2.79. The van der Waals surface area contributed by atoms with E-state index in [-0.39, 0.29) is 29.7 Å². The van der Waals surface area contributed by atoms with E-state index in [1.807, 2.05) is 0 Å². The van der Waals surface area contributed by atoms with Gasteiger partial charge in [0.25, 0.3) is 0 Å². The molecule has 0 radical (unpaired) electrons. The molecule has 0 amide bonds. The first-order chi connectivity index (χ1) is 7.49. The van der Waals surface area contributed by atoms with Gasteiger partial charge in [-0.05, 0) is 12.8 Å². The molecule has 6 heteroatoms. The summed E-state index contributed by atoms with van der Waals surface area (Å²) in [5.41, 5.74) is 0. The Morgan fingerprint density at radius 2 is 2.00 bits per heavy atom. The summed E-state index contributed by atoms with van der Waals surface area (Å²) in [7, 11) is 0. The molecule has 0 saturated carbocycles. The fourth-order valence-electron chi connectivity index (χ4n) is 1.52. The van der Waals surface area contributed by atoms with E-state index in [0.717, 1.165) is 6.42 Å². The molecule has 0 aromatic heterocycles. The highest BCUT2D eigenvalue weighted by Crippen LogP contribution is 2.25. The highest BCUT2D eigenvalue weighted by molar-refractivity contribution is 9.09. The zero-order valence-electron chi connectivity index (χ0n) is 9.27. The van der Waals surface area contributed by atoms with Gasteiger partial charge >= 0.3 is 11.9 Å². The summed E-state index contributed by atoms with van der Waals surface area (Å²) >= 11 is 3.33. The van der Waals surface area contributed by atoms with Crippen LogP contribution in [0, 0.1) is 0 Å². The zero-order valence-corrected chi connectivity index (χ0v) is 10.9. The molecule has 0 spiro atoms. The second-order valence-corrected chi connectivity index (χ2v) is 4.63. The monoisotopic (exact) mass is 294 g/mol. The van der Waals surface area contributed by atoms with Crippen LogP contribution >= 0.6 is 15.9 Å². The SMILES string of the molecule is CC(=O)OC[C@H]1OC(Br)CC[C@@H]1OC(C)=O. The van der Waals surface area contributed by atoms with Crippen molar-refractivity contribution in [2.45, 2.75) is 43.9 Å². The fraction of sp³-hybridized carbons (Fsp3) is 0.800.